The van der Waals surface area contributed by atoms with Crippen LogP contribution in [0.15, 0.2) is 42.7 Å². The van der Waals surface area contributed by atoms with E-state index in [9.17, 15) is 14.7 Å². The summed E-state index contributed by atoms with van der Waals surface area (Å²) in [4.78, 5) is 40.8. The van der Waals surface area contributed by atoms with Crippen LogP contribution in [-0.4, -0.2) is 76.2 Å². The minimum absolute atomic E-state index is 0.00468. The Balaban J connectivity index is 1.65. The molecule has 3 amide bonds. The van der Waals surface area contributed by atoms with Gasteiger partial charge in [-0.15, -0.1) is 0 Å². The number of amides is 3. The molecule has 3 aromatic rings. The summed E-state index contributed by atoms with van der Waals surface area (Å²) in [6.07, 6.45) is 4.70. The van der Waals surface area contributed by atoms with Crippen LogP contribution in [0.3, 0.4) is 0 Å². The Morgan fingerprint density at radius 1 is 1.26 bits per heavy atom. The van der Waals surface area contributed by atoms with Crippen molar-refractivity contribution in [2.45, 2.75) is 24.9 Å². The fourth-order valence-electron chi connectivity index (χ4n) is 4.10. The standard InChI is InChI=1S/C23H28N8O3/c1-30(2)23(34)28-17-6-4-10-31(18(17)13-32)19-12-26-20(21(24)33)22(29-19)27-15-7-8-16-14(11-15)5-3-9-25-16/h3,5,7-9,11-12,17-18,32H,4,6,10,13H2,1-2H3,(H2,24,33)(H,27,29)(H,28,34)/t17-,18-/m1/s1. The average Bonchev–Trinajstić information content (AvgIpc) is 2.83. The van der Waals surface area contributed by atoms with Gasteiger partial charge in [-0.3, -0.25) is 9.78 Å². The Morgan fingerprint density at radius 3 is 2.82 bits per heavy atom. The molecule has 2 atom stereocenters. The minimum atomic E-state index is -0.711. The number of aromatic nitrogens is 3. The van der Waals surface area contributed by atoms with E-state index in [1.807, 2.05) is 35.2 Å². The van der Waals surface area contributed by atoms with E-state index in [4.69, 9.17) is 5.73 Å². The van der Waals surface area contributed by atoms with Gasteiger partial charge in [-0.05, 0) is 37.1 Å². The van der Waals surface area contributed by atoms with Crippen LogP contribution in [0, 0.1) is 0 Å². The molecule has 0 saturated carbocycles. The molecular formula is C23H28N8O3. The summed E-state index contributed by atoms with van der Waals surface area (Å²) in [5, 5.41) is 17.2. The summed E-state index contributed by atoms with van der Waals surface area (Å²) in [5.74, 6) is -0.0281. The van der Waals surface area contributed by atoms with Crippen LogP contribution in [-0.2, 0) is 0 Å². The van der Waals surface area contributed by atoms with Gasteiger partial charge in [0.1, 0.15) is 5.82 Å². The molecule has 178 valence electrons. The lowest BCUT2D eigenvalue weighted by Gasteiger charge is -2.41. The number of urea groups is 1. The van der Waals surface area contributed by atoms with Crippen molar-refractivity contribution in [2.24, 2.45) is 5.73 Å². The van der Waals surface area contributed by atoms with Crippen LogP contribution in [0.4, 0.5) is 22.1 Å². The molecule has 11 heteroatoms. The van der Waals surface area contributed by atoms with Gasteiger partial charge in [0.2, 0.25) is 0 Å². The maximum Gasteiger partial charge on any atom is 0.317 e. The zero-order valence-electron chi connectivity index (χ0n) is 19.1. The third kappa shape index (κ3) is 4.84. The molecule has 1 aromatic carbocycles. The van der Waals surface area contributed by atoms with Gasteiger partial charge in [-0.1, -0.05) is 6.07 Å². The van der Waals surface area contributed by atoms with Crippen molar-refractivity contribution in [3.8, 4) is 0 Å². The maximum absolute atomic E-state index is 12.2. The number of aliphatic hydroxyl groups excluding tert-OH is 1. The van der Waals surface area contributed by atoms with Crippen molar-refractivity contribution in [3.63, 3.8) is 0 Å². The molecule has 1 aliphatic heterocycles. The van der Waals surface area contributed by atoms with E-state index in [1.165, 1.54) is 11.1 Å². The molecule has 11 nitrogen and oxygen atoms in total. The topological polar surface area (TPSA) is 150 Å². The van der Waals surface area contributed by atoms with Gasteiger partial charge in [0.05, 0.1) is 30.4 Å². The fourth-order valence-corrected chi connectivity index (χ4v) is 4.10. The Kier molecular flexibility index (Phi) is 6.73. The normalized spacial score (nSPS) is 17.9. The molecule has 0 aliphatic carbocycles. The Bertz CT molecular complexity index is 1200. The molecule has 0 radical (unpaired) electrons. The summed E-state index contributed by atoms with van der Waals surface area (Å²) >= 11 is 0. The van der Waals surface area contributed by atoms with Crippen LogP contribution >= 0.6 is 0 Å². The molecule has 2 aromatic heterocycles. The Hall–Kier alpha value is -3.99. The zero-order chi connectivity index (χ0) is 24.2. The van der Waals surface area contributed by atoms with Gasteiger partial charge in [0.15, 0.2) is 11.5 Å². The number of nitrogens with one attached hydrogen (secondary N) is 2. The second kappa shape index (κ2) is 9.87. The van der Waals surface area contributed by atoms with Gasteiger partial charge in [-0.2, -0.15) is 0 Å². The Morgan fingerprint density at radius 2 is 2.09 bits per heavy atom. The number of fused-ring (bicyclic) bond motifs is 1. The van der Waals surface area contributed by atoms with Gasteiger partial charge in [0, 0.05) is 37.9 Å². The second-order valence-corrected chi connectivity index (χ2v) is 8.36. The van der Waals surface area contributed by atoms with E-state index in [-0.39, 0.29) is 30.2 Å². The van der Waals surface area contributed by atoms with Crippen molar-refractivity contribution in [1.82, 2.24) is 25.2 Å². The largest absolute Gasteiger partial charge is 0.394 e. The van der Waals surface area contributed by atoms with Crippen LogP contribution < -0.4 is 21.3 Å². The predicted molar refractivity (Wildman–Crippen MR) is 129 cm³/mol. The highest BCUT2D eigenvalue weighted by molar-refractivity contribution is 5.96. The number of hydrogen-bond acceptors (Lipinski definition) is 8. The summed E-state index contributed by atoms with van der Waals surface area (Å²) in [5.41, 5.74) is 7.09. The van der Waals surface area contributed by atoms with Gasteiger partial charge in [-0.25, -0.2) is 14.8 Å². The van der Waals surface area contributed by atoms with Crippen molar-refractivity contribution >= 4 is 40.2 Å². The van der Waals surface area contributed by atoms with Crippen LogP contribution in [0.25, 0.3) is 10.9 Å². The van der Waals surface area contributed by atoms with Crippen molar-refractivity contribution < 1.29 is 14.7 Å². The van der Waals surface area contributed by atoms with Gasteiger partial charge in [0.25, 0.3) is 5.91 Å². The van der Waals surface area contributed by atoms with Gasteiger partial charge < -0.3 is 31.3 Å². The van der Waals surface area contributed by atoms with E-state index in [0.717, 1.165) is 23.7 Å². The average molecular weight is 465 g/mol. The van der Waals surface area contributed by atoms with E-state index in [0.29, 0.717) is 18.1 Å². The number of nitrogens with two attached hydrogens (primary N) is 1. The minimum Gasteiger partial charge on any atom is -0.394 e. The summed E-state index contributed by atoms with van der Waals surface area (Å²) in [6, 6.07) is 8.48. The van der Waals surface area contributed by atoms with Crippen LogP contribution in [0.1, 0.15) is 23.3 Å². The highest BCUT2D eigenvalue weighted by Crippen LogP contribution is 2.27. The highest BCUT2D eigenvalue weighted by atomic mass is 16.3. The lowest BCUT2D eigenvalue weighted by Crippen LogP contribution is -2.58. The predicted octanol–water partition coefficient (Wildman–Crippen LogP) is 1.47. The quantitative estimate of drug-likeness (QED) is 0.428. The molecule has 1 saturated heterocycles. The third-order valence-electron chi connectivity index (χ3n) is 5.83. The summed E-state index contributed by atoms with van der Waals surface area (Å²) in [6.45, 7) is 0.434. The summed E-state index contributed by atoms with van der Waals surface area (Å²) < 4.78 is 0. The highest BCUT2D eigenvalue weighted by Gasteiger charge is 2.33. The molecule has 0 bridgehead atoms. The number of anilines is 3. The lowest BCUT2D eigenvalue weighted by atomic mass is 9.96. The SMILES string of the molecule is CN(C)C(=O)N[C@@H]1CCCN(c2cnc(C(N)=O)c(Nc3ccc4ncccc4c3)n2)[C@@H]1CO. The number of primary amides is 1. The molecule has 5 N–H and O–H groups in total. The number of aliphatic hydroxyl groups is 1. The third-order valence-corrected chi connectivity index (χ3v) is 5.83. The van der Waals surface area contributed by atoms with Crippen molar-refractivity contribution in [2.75, 3.05) is 37.5 Å². The first kappa shape index (κ1) is 23.2. The number of rotatable bonds is 6. The number of pyridine rings is 1. The number of piperidine rings is 1. The molecule has 34 heavy (non-hydrogen) atoms. The monoisotopic (exact) mass is 464 g/mol. The lowest BCUT2D eigenvalue weighted by molar-refractivity contribution is 0.0996. The second-order valence-electron chi connectivity index (χ2n) is 8.36. The van der Waals surface area contributed by atoms with Crippen LogP contribution in [0.5, 0.6) is 0 Å². The van der Waals surface area contributed by atoms with E-state index in [2.05, 4.69) is 25.6 Å². The van der Waals surface area contributed by atoms with E-state index < -0.39 is 11.9 Å². The zero-order valence-corrected chi connectivity index (χ0v) is 19.1. The first-order valence-electron chi connectivity index (χ1n) is 11.0. The van der Waals surface area contributed by atoms with Gasteiger partial charge >= 0.3 is 6.03 Å². The number of benzene rings is 1. The fraction of sp³-hybridized carbons (Fsp3) is 0.348. The first-order chi connectivity index (χ1) is 16.4. The van der Waals surface area contributed by atoms with E-state index >= 15 is 0 Å². The first-order valence-corrected chi connectivity index (χ1v) is 11.0. The molecular weight excluding hydrogens is 436 g/mol. The maximum atomic E-state index is 12.2. The van der Waals surface area contributed by atoms with E-state index in [1.54, 1.807) is 20.3 Å². The van der Waals surface area contributed by atoms with Crippen molar-refractivity contribution in [3.05, 3.63) is 48.4 Å². The number of hydrogen-bond donors (Lipinski definition) is 4. The molecule has 0 spiro atoms. The number of nitrogens with zero attached hydrogens (tertiary/aromatic N) is 5. The smallest absolute Gasteiger partial charge is 0.317 e. The molecule has 1 fully saturated rings. The Labute approximate surface area is 197 Å². The summed E-state index contributed by atoms with van der Waals surface area (Å²) in [7, 11) is 3.33. The number of carbonyl (C=O) groups excluding carboxylic acids is 2. The molecule has 1 aliphatic rings. The molecule has 4 rings (SSSR count). The molecule has 0 unspecified atom stereocenters. The van der Waals surface area contributed by atoms with Crippen molar-refractivity contribution in [1.29, 1.82) is 0 Å². The number of carbonyl (C=O) groups is 2. The van der Waals surface area contributed by atoms with Crippen LogP contribution in [0.2, 0.25) is 0 Å². The molecule has 3 heterocycles.